The molecule has 3 heteroatoms. The summed E-state index contributed by atoms with van der Waals surface area (Å²) in [6, 6.07) is 15.9. The van der Waals surface area contributed by atoms with Crippen molar-refractivity contribution in [3.05, 3.63) is 64.1 Å². The van der Waals surface area contributed by atoms with Gasteiger partial charge in [0.05, 0.1) is 13.2 Å². The molecule has 2 N–H and O–H groups in total. The van der Waals surface area contributed by atoms with Gasteiger partial charge in [-0.05, 0) is 29.3 Å². The summed E-state index contributed by atoms with van der Waals surface area (Å²) in [5.74, 6) is 0. The molecule has 0 fully saturated rings. The summed E-state index contributed by atoms with van der Waals surface area (Å²) in [5, 5.41) is 0. The molecule has 2 nitrogen and oxygen atoms in total. The number of nitrogen functional groups attached to an aromatic ring is 1. The molecule has 2 rings (SSSR count). The summed E-state index contributed by atoms with van der Waals surface area (Å²) >= 11 is 3.41. The molecular formula is C14H14BrNO. The van der Waals surface area contributed by atoms with Gasteiger partial charge in [-0.25, -0.2) is 0 Å². The first kappa shape index (κ1) is 12.1. The zero-order valence-corrected chi connectivity index (χ0v) is 11.0. The average molecular weight is 292 g/mol. The van der Waals surface area contributed by atoms with Crippen molar-refractivity contribution in [3.63, 3.8) is 0 Å². The van der Waals surface area contributed by atoms with E-state index in [0.29, 0.717) is 13.2 Å². The van der Waals surface area contributed by atoms with E-state index in [1.165, 1.54) is 5.56 Å². The predicted octanol–water partition coefficient (Wildman–Crippen LogP) is 3.75. The molecule has 0 aromatic heterocycles. The van der Waals surface area contributed by atoms with Crippen LogP contribution in [-0.2, 0) is 18.0 Å². The van der Waals surface area contributed by atoms with E-state index < -0.39 is 0 Å². The van der Waals surface area contributed by atoms with Gasteiger partial charge in [0.25, 0.3) is 0 Å². The SMILES string of the molecule is Nc1cc(Br)cc(COCc2ccccc2)c1. The van der Waals surface area contributed by atoms with Crippen LogP contribution in [0.25, 0.3) is 0 Å². The molecule has 0 bridgehead atoms. The van der Waals surface area contributed by atoms with E-state index in [-0.39, 0.29) is 0 Å². The quantitative estimate of drug-likeness (QED) is 0.871. The Kier molecular flexibility index (Phi) is 4.18. The minimum absolute atomic E-state index is 0.568. The highest BCUT2D eigenvalue weighted by atomic mass is 79.9. The summed E-state index contributed by atoms with van der Waals surface area (Å²) in [4.78, 5) is 0. The molecule has 0 aliphatic carbocycles. The summed E-state index contributed by atoms with van der Waals surface area (Å²) < 4.78 is 6.62. The number of benzene rings is 2. The monoisotopic (exact) mass is 291 g/mol. The van der Waals surface area contributed by atoms with Crippen LogP contribution >= 0.6 is 15.9 Å². The Morgan fingerprint density at radius 1 is 0.941 bits per heavy atom. The summed E-state index contributed by atoms with van der Waals surface area (Å²) in [6.45, 7) is 1.19. The van der Waals surface area contributed by atoms with E-state index in [2.05, 4.69) is 28.1 Å². The number of halogens is 1. The van der Waals surface area contributed by atoms with E-state index in [0.717, 1.165) is 15.7 Å². The van der Waals surface area contributed by atoms with E-state index in [4.69, 9.17) is 10.5 Å². The predicted molar refractivity (Wildman–Crippen MR) is 73.5 cm³/mol. The topological polar surface area (TPSA) is 35.2 Å². The third kappa shape index (κ3) is 3.88. The Morgan fingerprint density at radius 2 is 1.65 bits per heavy atom. The van der Waals surface area contributed by atoms with Gasteiger partial charge in [0.1, 0.15) is 0 Å². The van der Waals surface area contributed by atoms with Crippen LogP contribution in [0.4, 0.5) is 5.69 Å². The zero-order valence-electron chi connectivity index (χ0n) is 9.40. The highest BCUT2D eigenvalue weighted by Gasteiger charge is 1.98. The second-order valence-electron chi connectivity index (χ2n) is 3.87. The van der Waals surface area contributed by atoms with Crippen molar-refractivity contribution in [3.8, 4) is 0 Å². The Hall–Kier alpha value is -1.32. The highest BCUT2D eigenvalue weighted by molar-refractivity contribution is 9.10. The molecule has 88 valence electrons. The number of rotatable bonds is 4. The number of nitrogens with two attached hydrogens (primary N) is 1. The molecule has 0 spiro atoms. The van der Waals surface area contributed by atoms with Gasteiger partial charge in [0, 0.05) is 10.2 Å². The van der Waals surface area contributed by atoms with Crippen LogP contribution in [0, 0.1) is 0 Å². The number of hydrogen-bond donors (Lipinski definition) is 1. The number of anilines is 1. The fraction of sp³-hybridized carbons (Fsp3) is 0.143. The average Bonchev–Trinajstić information content (AvgIpc) is 2.29. The molecule has 2 aromatic rings. The summed E-state index contributed by atoms with van der Waals surface area (Å²) in [7, 11) is 0. The first-order valence-electron chi connectivity index (χ1n) is 5.40. The van der Waals surface area contributed by atoms with Crippen LogP contribution in [0.3, 0.4) is 0 Å². The van der Waals surface area contributed by atoms with E-state index in [1.54, 1.807) is 0 Å². The van der Waals surface area contributed by atoms with Crippen molar-refractivity contribution < 1.29 is 4.74 Å². The molecule has 0 saturated heterocycles. The third-order valence-electron chi connectivity index (χ3n) is 2.36. The summed E-state index contributed by atoms with van der Waals surface area (Å²) in [6.07, 6.45) is 0. The van der Waals surface area contributed by atoms with Crippen LogP contribution in [0.15, 0.2) is 53.0 Å². The zero-order chi connectivity index (χ0) is 12.1. The smallest absolute Gasteiger partial charge is 0.0722 e. The molecule has 0 radical (unpaired) electrons. The van der Waals surface area contributed by atoms with Gasteiger partial charge >= 0.3 is 0 Å². The van der Waals surface area contributed by atoms with Crippen LogP contribution in [0.2, 0.25) is 0 Å². The van der Waals surface area contributed by atoms with E-state index in [9.17, 15) is 0 Å². The minimum Gasteiger partial charge on any atom is -0.399 e. The van der Waals surface area contributed by atoms with E-state index >= 15 is 0 Å². The molecule has 0 amide bonds. The molecule has 0 heterocycles. The maximum Gasteiger partial charge on any atom is 0.0722 e. The van der Waals surface area contributed by atoms with Gasteiger partial charge in [0.15, 0.2) is 0 Å². The standard InChI is InChI=1S/C14H14BrNO/c15-13-6-12(7-14(16)8-13)10-17-9-11-4-2-1-3-5-11/h1-8H,9-10,16H2. The maximum absolute atomic E-state index is 5.76. The van der Waals surface area contributed by atoms with Gasteiger partial charge in [-0.1, -0.05) is 46.3 Å². The van der Waals surface area contributed by atoms with Crippen molar-refractivity contribution in [2.24, 2.45) is 0 Å². The van der Waals surface area contributed by atoms with Crippen molar-refractivity contribution >= 4 is 21.6 Å². The lowest BCUT2D eigenvalue weighted by Crippen LogP contribution is -1.95. The second-order valence-corrected chi connectivity index (χ2v) is 4.79. The van der Waals surface area contributed by atoms with Crippen LogP contribution < -0.4 is 5.73 Å². The Balaban J connectivity index is 1.90. The van der Waals surface area contributed by atoms with Crippen LogP contribution in [-0.4, -0.2) is 0 Å². The summed E-state index contributed by atoms with van der Waals surface area (Å²) in [5.41, 5.74) is 8.76. The molecule has 0 atom stereocenters. The van der Waals surface area contributed by atoms with Gasteiger partial charge < -0.3 is 10.5 Å². The molecule has 0 aliphatic heterocycles. The van der Waals surface area contributed by atoms with Crippen molar-refractivity contribution in [1.82, 2.24) is 0 Å². The molecular weight excluding hydrogens is 278 g/mol. The molecule has 0 unspecified atom stereocenters. The second kappa shape index (κ2) is 5.84. The Bertz CT molecular complexity index is 465. The first-order chi connectivity index (χ1) is 8.24. The van der Waals surface area contributed by atoms with Crippen LogP contribution in [0.1, 0.15) is 11.1 Å². The Labute approximate surface area is 110 Å². The minimum atomic E-state index is 0.568. The van der Waals surface area contributed by atoms with Crippen LogP contribution in [0.5, 0.6) is 0 Å². The highest BCUT2D eigenvalue weighted by Crippen LogP contribution is 2.18. The van der Waals surface area contributed by atoms with Crippen molar-refractivity contribution in [1.29, 1.82) is 0 Å². The lowest BCUT2D eigenvalue weighted by molar-refractivity contribution is 0.107. The number of ether oxygens (including phenoxy) is 1. The van der Waals surface area contributed by atoms with Gasteiger partial charge in [-0.3, -0.25) is 0 Å². The van der Waals surface area contributed by atoms with Crippen molar-refractivity contribution in [2.45, 2.75) is 13.2 Å². The first-order valence-corrected chi connectivity index (χ1v) is 6.20. The molecule has 0 aliphatic rings. The van der Waals surface area contributed by atoms with Crippen molar-refractivity contribution in [2.75, 3.05) is 5.73 Å². The third-order valence-corrected chi connectivity index (χ3v) is 2.82. The largest absolute Gasteiger partial charge is 0.399 e. The van der Waals surface area contributed by atoms with Gasteiger partial charge in [-0.15, -0.1) is 0 Å². The molecule has 2 aromatic carbocycles. The lowest BCUT2D eigenvalue weighted by atomic mass is 10.2. The fourth-order valence-corrected chi connectivity index (χ4v) is 2.18. The normalized spacial score (nSPS) is 10.4. The van der Waals surface area contributed by atoms with Gasteiger partial charge in [0.2, 0.25) is 0 Å². The molecule has 0 saturated carbocycles. The maximum atomic E-state index is 5.76. The Morgan fingerprint density at radius 3 is 2.35 bits per heavy atom. The van der Waals surface area contributed by atoms with E-state index in [1.807, 2.05) is 36.4 Å². The molecule has 17 heavy (non-hydrogen) atoms. The fourth-order valence-electron chi connectivity index (χ4n) is 1.62. The number of hydrogen-bond acceptors (Lipinski definition) is 2. The lowest BCUT2D eigenvalue weighted by Gasteiger charge is -2.06. The van der Waals surface area contributed by atoms with Gasteiger partial charge in [-0.2, -0.15) is 0 Å².